The zero-order chi connectivity index (χ0) is 26.1. The van der Waals surface area contributed by atoms with Crippen LogP contribution in [0.15, 0.2) is 60.2 Å². The van der Waals surface area contributed by atoms with Crippen LogP contribution in [0.1, 0.15) is 49.2 Å². The van der Waals surface area contributed by atoms with E-state index in [1.807, 2.05) is 73.0 Å². The van der Waals surface area contributed by atoms with Crippen LogP contribution < -0.4 is 15.5 Å². The molecule has 184 valence electrons. The van der Waals surface area contributed by atoms with Crippen LogP contribution in [-0.2, 0) is 14.4 Å². The van der Waals surface area contributed by atoms with E-state index in [1.54, 1.807) is 6.08 Å². The average Bonchev–Trinajstić information content (AvgIpc) is 3.09. The van der Waals surface area contributed by atoms with Gasteiger partial charge in [0.25, 0.3) is 11.8 Å². The molecule has 0 unspecified atom stereocenters. The van der Waals surface area contributed by atoms with Crippen molar-refractivity contribution in [3.8, 4) is 5.69 Å². The predicted octanol–water partition coefficient (Wildman–Crippen LogP) is 5.01. The lowest BCUT2D eigenvalue weighted by atomic mass is 10.0. The first kappa shape index (κ1) is 25.1. The Morgan fingerprint density at radius 3 is 2.19 bits per heavy atom. The summed E-state index contributed by atoms with van der Waals surface area (Å²) in [6.45, 7) is 9.54. The van der Waals surface area contributed by atoms with E-state index in [2.05, 4.69) is 24.5 Å². The molecule has 2 aromatic carbocycles. The van der Waals surface area contributed by atoms with Crippen LogP contribution in [0.25, 0.3) is 11.8 Å². The first-order chi connectivity index (χ1) is 17.1. The van der Waals surface area contributed by atoms with E-state index in [9.17, 15) is 14.4 Å². The van der Waals surface area contributed by atoms with Crippen molar-refractivity contribution >= 4 is 52.5 Å². The molecule has 0 radical (unpaired) electrons. The van der Waals surface area contributed by atoms with Gasteiger partial charge in [0.1, 0.15) is 5.57 Å². The van der Waals surface area contributed by atoms with Crippen molar-refractivity contribution in [2.45, 2.75) is 40.5 Å². The summed E-state index contributed by atoms with van der Waals surface area (Å²) < 4.78 is 2.03. The van der Waals surface area contributed by atoms with Crippen LogP contribution in [0.2, 0.25) is 0 Å². The van der Waals surface area contributed by atoms with Crippen LogP contribution in [-0.4, -0.2) is 27.4 Å². The van der Waals surface area contributed by atoms with Gasteiger partial charge < -0.3 is 9.88 Å². The molecule has 1 aromatic heterocycles. The number of benzene rings is 2. The second-order valence-corrected chi connectivity index (χ2v) is 9.48. The van der Waals surface area contributed by atoms with Gasteiger partial charge >= 0.3 is 0 Å². The quantitative estimate of drug-likeness (QED) is 0.293. The van der Waals surface area contributed by atoms with Crippen molar-refractivity contribution in [1.82, 2.24) is 9.88 Å². The molecule has 0 spiro atoms. The number of aryl methyl sites for hydroxylation is 1. The molecule has 0 bridgehead atoms. The minimum absolute atomic E-state index is 0.0118. The van der Waals surface area contributed by atoms with Crippen molar-refractivity contribution in [3.63, 3.8) is 0 Å². The first-order valence-electron chi connectivity index (χ1n) is 11.6. The number of anilines is 2. The summed E-state index contributed by atoms with van der Waals surface area (Å²) in [5.41, 5.74) is 5.92. The SMILES string of the molecule is CC(=O)Nc1ccc(-n2c(C)cc(/C=C3\C(=O)NC(=S)N(c4ccc(C(C)C)cc4)C3=O)c2C)cc1. The zero-order valence-electron chi connectivity index (χ0n) is 20.9. The standard InChI is InChI=1S/C28H28N4O3S/c1-16(2)20-6-10-24(11-7-20)32-27(35)25(26(34)30-28(32)36)15-21-14-17(3)31(18(21)4)23-12-8-22(9-13-23)29-19(5)33/h6-16H,1-5H3,(H,29,33)(H,30,34,36)/b25-15+. The van der Waals surface area contributed by atoms with E-state index in [-0.39, 0.29) is 16.6 Å². The summed E-state index contributed by atoms with van der Waals surface area (Å²) >= 11 is 5.33. The highest BCUT2D eigenvalue weighted by molar-refractivity contribution is 7.80. The Bertz CT molecular complexity index is 1400. The molecule has 3 aromatic rings. The monoisotopic (exact) mass is 500 g/mol. The molecule has 0 saturated carbocycles. The topological polar surface area (TPSA) is 83.4 Å². The third kappa shape index (κ3) is 4.85. The van der Waals surface area contributed by atoms with E-state index < -0.39 is 11.8 Å². The number of hydrogen-bond acceptors (Lipinski definition) is 4. The molecular weight excluding hydrogens is 472 g/mol. The number of aromatic nitrogens is 1. The highest BCUT2D eigenvalue weighted by Crippen LogP contribution is 2.27. The molecule has 7 nitrogen and oxygen atoms in total. The average molecular weight is 501 g/mol. The molecule has 3 amide bonds. The number of hydrogen-bond donors (Lipinski definition) is 2. The van der Waals surface area contributed by atoms with Crippen LogP contribution in [0.5, 0.6) is 0 Å². The number of carbonyl (C=O) groups is 3. The predicted molar refractivity (Wildman–Crippen MR) is 146 cm³/mol. The molecule has 0 aliphatic carbocycles. The molecule has 1 saturated heterocycles. The second kappa shape index (κ2) is 9.91. The van der Waals surface area contributed by atoms with E-state index >= 15 is 0 Å². The fourth-order valence-corrected chi connectivity index (χ4v) is 4.56. The van der Waals surface area contributed by atoms with E-state index in [0.29, 0.717) is 17.3 Å². The van der Waals surface area contributed by atoms with Gasteiger partial charge in [0.2, 0.25) is 5.91 Å². The molecule has 2 N–H and O–H groups in total. The third-order valence-electron chi connectivity index (χ3n) is 6.14. The van der Waals surface area contributed by atoms with Gasteiger partial charge in [-0.2, -0.15) is 0 Å². The van der Waals surface area contributed by atoms with Gasteiger partial charge in [-0.05, 0) is 91.7 Å². The number of nitrogens with zero attached hydrogens (tertiary/aromatic N) is 2. The normalized spacial score (nSPS) is 15.0. The number of rotatable bonds is 5. The Hall–Kier alpha value is -4.04. The molecule has 1 aliphatic rings. The summed E-state index contributed by atoms with van der Waals surface area (Å²) in [6.07, 6.45) is 1.61. The lowest BCUT2D eigenvalue weighted by molar-refractivity contribution is -0.122. The summed E-state index contributed by atoms with van der Waals surface area (Å²) in [6, 6.07) is 17.0. The fraction of sp³-hybridized carbons (Fsp3) is 0.214. The smallest absolute Gasteiger partial charge is 0.270 e. The Balaban J connectivity index is 1.68. The maximum Gasteiger partial charge on any atom is 0.270 e. The highest BCUT2D eigenvalue weighted by atomic mass is 32.1. The lowest BCUT2D eigenvalue weighted by Crippen LogP contribution is -2.54. The van der Waals surface area contributed by atoms with Crippen LogP contribution in [0.4, 0.5) is 11.4 Å². The number of thiocarbonyl (C=S) groups is 1. The van der Waals surface area contributed by atoms with Crippen LogP contribution >= 0.6 is 12.2 Å². The number of carbonyl (C=O) groups excluding carboxylic acids is 3. The molecule has 8 heteroatoms. The highest BCUT2D eigenvalue weighted by Gasteiger charge is 2.34. The molecule has 0 atom stereocenters. The minimum atomic E-state index is -0.524. The second-order valence-electron chi connectivity index (χ2n) is 9.09. The van der Waals surface area contributed by atoms with Crippen molar-refractivity contribution in [3.05, 3.63) is 82.7 Å². The maximum atomic E-state index is 13.4. The van der Waals surface area contributed by atoms with Crippen molar-refractivity contribution < 1.29 is 14.4 Å². The summed E-state index contributed by atoms with van der Waals surface area (Å²) in [7, 11) is 0. The molecule has 1 aliphatic heterocycles. The van der Waals surface area contributed by atoms with Gasteiger partial charge in [0.15, 0.2) is 5.11 Å². The Labute approximate surface area is 215 Å². The molecule has 1 fully saturated rings. The van der Waals surface area contributed by atoms with E-state index in [4.69, 9.17) is 12.2 Å². The van der Waals surface area contributed by atoms with Crippen molar-refractivity contribution in [2.75, 3.05) is 10.2 Å². The Kier molecular flexibility index (Phi) is 6.90. The summed E-state index contributed by atoms with van der Waals surface area (Å²) in [5, 5.41) is 5.46. The van der Waals surface area contributed by atoms with E-state index in [1.165, 1.54) is 11.8 Å². The van der Waals surface area contributed by atoms with E-state index in [0.717, 1.165) is 28.2 Å². The van der Waals surface area contributed by atoms with Gasteiger partial charge in [-0.25, -0.2) is 0 Å². The molecule has 4 rings (SSSR count). The van der Waals surface area contributed by atoms with Gasteiger partial charge in [-0.15, -0.1) is 0 Å². The fourth-order valence-electron chi connectivity index (χ4n) is 4.28. The lowest BCUT2D eigenvalue weighted by Gasteiger charge is -2.29. The van der Waals surface area contributed by atoms with Crippen LogP contribution in [0, 0.1) is 13.8 Å². The molecule has 2 heterocycles. The summed E-state index contributed by atoms with van der Waals surface area (Å²) in [5.74, 6) is -0.769. The molecular formula is C28H28N4O3S. The third-order valence-corrected chi connectivity index (χ3v) is 6.42. The maximum absolute atomic E-state index is 13.4. The van der Waals surface area contributed by atoms with Crippen LogP contribution in [0.3, 0.4) is 0 Å². The van der Waals surface area contributed by atoms with Gasteiger partial charge in [0.05, 0.1) is 5.69 Å². The zero-order valence-corrected chi connectivity index (χ0v) is 21.7. The molecule has 36 heavy (non-hydrogen) atoms. The van der Waals surface area contributed by atoms with Gasteiger partial charge in [-0.3, -0.25) is 24.6 Å². The van der Waals surface area contributed by atoms with Crippen molar-refractivity contribution in [2.24, 2.45) is 0 Å². The Morgan fingerprint density at radius 1 is 1.00 bits per heavy atom. The minimum Gasteiger partial charge on any atom is -0.326 e. The first-order valence-corrected chi connectivity index (χ1v) is 12.1. The number of nitrogens with one attached hydrogen (secondary N) is 2. The largest absolute Gasteiger partial charge is 0.326 e. The summed E-state index contributed by atoms with van der Waals surface area (Å²) in [4.78, 5) is 38.9. The van der Waals surface area contributed by atoms with Gasteiger partial charge in [-0.1, -0.05) is 26.0 Å². The Morgan fingerprint density at radius 2 is 1.61 bits per heavy atom. The number of amides is 3. The van der Waals surface area contributed by atoms with Crippen molar-refractivity contribution in [1.29, 1.82) is 0 Å². The van der Waals surface area contributed by atoms with Gasteiger partial charge in [0, 0.05) is 29.7 Å².